The minimum absolute atomic E-state index is 0.0519. The molecular weight excluding hydrogens is 252 g/mol. The quantitative estimate of drug-likeness (QED) is 0.765. The second kappa shape index (κ2) is 5.13. The Morgan fingerprint density at radius 2 is 2.20 bits per heavy atom. The first-order valence-corrected chi connectivity index (χ1v) is 6.35. The molecule has 0 aliphatic rings. The van der Waals surface area contributed by atoms with Crippen molar-refractivity contribution in [2.75, 3.05) is 5.32 Å². The highest BCUT2D eigenvalue weighted by atomic mass is 16.1. The van der Waals surface area contributed by atoms with Crippen LogP contribution in [0, 0.1) is 6.92 Å². The zero-order chi connectivity index (χ0) is 13.9. The van der Waals surface area contributed by atoms with Gasteiger partial charge in [-0.1, -0.05) is 6.07 Å². The third-order valence-corrected chi connectivity index (χ3v) is 3.18. The predicted octanol–water partition coefficient (Wildman–Crippen LogP) is 2.45. The standard InChI is InChI=1S/C15H14N4O/c1-10-4-5-16-9-14(10)18-15(20)7-11-2-3-13-12(6-11)8-17-19-13/h2-6,8-9H,7H2,1H3,(H,17,19)(H,18,20). The summed E-state index contributed by atoms with van der Waals surface area (Å²) in [5.74, 6) is -0.0519. The van der Waals surface area contributed by atoms with Crippen molar-refractivity contribution >= 4 is 22.5 Å². The van der Waals surface area contributed by atoms with Gasteiger partial charge in [-0.3, -0.25) is 14.9 Å². The molecule has 2 aromatic heterocycles. The summed E-state index contributed by atoms with van der Waals surface area (Å²) in [6.07, 6.45) is 5.45. The lowest BCUT2D eigenvalue weighted by atomic mass is 10.1. The van der Waals surface area contributed by atoms with Gasteiger partial charge in [-0.15, -0.1) is 0 Å². The van der Waals surface area contributed by atoms with Crippen LogP contribution >= 0.6 is 0 Å². The molecule has 5 nitrogen and oxygen atoms in total. The molecule has 2 N–H and O–H groups in total. The van der Waals surface area contributed by atoms with E-state index in [1.54, 1.807) is 18.6 Å². The number of carbonyl (C=O) groups is 1. The largest absolute Gasteiger partial charge is 0.324 e. The average Bonchev–Trinajstić information content (AvgIpc) is 2.89. The van der Waals surface area contributed by atoms with Gasteiger partial charge in [-0.05, 0) is 36.2 Å². The smallest absolute Gasteiger partial charge is 0.228 e. The van der Waals surface area contributed by atoms with Crippen LogP contribution in [0.3, 0.4) is 0 Å². The molecule has 0 saturated heterocycles. The summed E-state index contributed by atoms with van der Waals surface area (Å²) < 4.78 is 0. The van der Waals surface area contributed by atoms with Crippen LogP contribution in [0.4, 0.5) is 5.69 Å². The van der Waals surface area contributed by atoms with Crippen molar-refractivity contribution in [3.05, 3.63) is 54.0 Å². The van der Waals surface area contributed by atoms with Gasteiger partial charge >= 0.3 is 0 Å². The summed E-state index contributed by atoms with van der Waals surface area (Å²) in [7, 11) is 0. The molecule has 20 heavy (non-hydrogen) atoms. The van der Waals surface area contributed by atoms with Crippen LogP contribution in [0.2, 0.25) is 0 Å². The number of carbonyl (C=O) groups excluding carboxylic acids is 1. The van der Waals surface area contributed by atoms with E-state index in [1.165, 1.54) is 0 Å². The lowest BCUT2D eigenvalue weighted by Gasteiger charge is -2.07. The number of aromatic nitrogens is 3. The number of pyridine rings is 1. The van der Waals surface area contributed by atoms with E-state index in [0.29, 0.717) is 6.42 Å². The Balaban J connectivity index is 1.74. The van der Waals surface area contributed by atoms with E-state index >= 15 is 0 Å². The molecule has 0 unspecified atom stereocenters. The molecule has 0 aliphatic carbocycles. The topological polar surface area (TPSA) is 70.7 Å². The summed E-state index contributed by atoms with van der Waals surface area (Å²) in [6, 6.07) is 7.69. The van der Waals surface area contributed by atoms with E-state index < -0.39 is 0 Å². The number of nitrogens with zero attached hydrogens (tertiary/aromatic N) is 2. The first kappa shape index (κ1) is 12.3. The van der Waals surface area contributed by atoms with Gasteiger partial charge in [-0.2, -0.15) is 5.10 Å². The fourth-order valence-corrected chi connectivity index (χ4v) is 2.08. The molecule has 5 heteroatoms. The molecule has 0 saturated carbocycles. The summed E-state index contributed by atoms with van der Waals surface area (Å²) >= 11 is 0. The van der Waals surface area contributed by atoms with Crippen LogP contribution in [0.5, 0.6) is 0 Å². The van der Waals surface area contributed by atoms with Gasteiger partial charge in [0.1, 0.15) is 0 Å². The van der Waals surface area contributed by atoms with Gasteiger partial charge in [0, 0.05) is 11.6 Å². The van der Waals surface area contributed by atoms with Crippen LogP contribution in [0.25, 0.3) is 10.9 Å². The number of anilines is 1. The number of H-pyrrole nitrogens is 1. The lowest BCUT2D eigenvalue weighted by molar-refractivity contribution is -0.115. The summed E-state index contributed by atoms with van der Waals surface area (Å²) in [5, 5.41) is 10.7. The zero-order valence-electron chi connectivity index (χ0n) is 11.1. The molecule has 100 valence electrons. The minimum atomic E-state index is -0.0519. The van der Waals surface area contributed by atoms with E-state index in [-0.39, 0.29) is 5.91 Å². The second-order valence-electron chi connectivity index (χ2n) is 4.71. The van der Waals surface area contributed by atoms with Crippen LogP contribution in [0.1, 0.15) is 11.1 Å². The SMILES string of the molecule is Cc1ccncc1NC(=O)Cc1ccc2[nH]ncc2c1. The number of hydrogen-bond donors (Lipinski definition) is 2. The van der Waals surface area contributed by atoms with Crippen molar-refractivity contribution in [1.82, 2.24) is 15.2 Å². The Bertz CT molecular complexity index is 763. The molecule has 0 radical (unpaired) electrons. The third kappa shape index (κ3) is 2.51. The molecule has 0 fully saturated rings. The number of amides is 1. The van der Waals surface area contributed by atoms with Crippen molar-refractivity contribution in [1.29, 1.82) is 0 Å². The Labute approximate surface area is 116 Å². The summed E-state index contributed by atoms with van der Waals surface area (Å²) in [6.45, 7) is 1.94. The van der Waals surface area contributed by atoms with Gasteiger partial charge < -0.3 is 5.32 Å². The number of aromatic amines is 1. The average molecular weight is 266 g/mol. The number of benzene rings is 1. The van der Waals surface area contributed by atoms with Crippen LogP contribution in [-0.4, -0.2) is 21.1 Å². The number of fused-ring (bicyclic) bond motifs is 1. The molecule has 3 aromatic rings. The zero-order valence-corrected chi connectivity index (χ0v) is 11.1. The molecule has 2 heterocycles. The second-order valence-corrected chi connectivity index (χ2v) is 4.71. The number of nitrogens with one attached hydrogen (secondary N) is 2. The Morgan fingerprint density at radius 3 is 3.05 bits per heavy atom. The van der Waals surface area contributed by atoms with Gasteiger partial charge in [0.15, 0.2) is 0 Å². The van der Waals surface area contributed by atoms with E-state index in [1.807, 2.05) is 31.2 Å². The monoisotopic (exact) mass is 266 g/mol. The number of hydrogen-bond acceptors (Lipinski definition) is 3. The highest BCUT2D eigenvalue weighted by Gasteiger charge is 2.07. The Hall–Kier alpha value is -2.69. The predicted molar refractivity (Wildman–Crippen MR) is 77.4 cm³/mol. The maximum atomic E-state index is 12.0. The van der Waals surface area contributed by atoms with Crippen molar-refractivity contribution in [3.8, 4) is 0 Å². The van der Waals surface area contributed by atoms with Crippen LogP contribution in [0.15, 0.2) is 42.9 Å². The van der Waals surface area contributed by atoms with Gasteiger partial charge in [0.05, 0.1) is 30.0 Å². The molecule has 0 atom stereocenters. The number of aryl methyl sites for hydroxylation is 1. The number of rotatable bonds is 3. The van der Waals surface area contributed by atoms with Gasteiger partial charge in [0.25, 0.3) is 0 Å². The fourth-order valence-electron chi connectivity index (χ4n) is 2.08. The highest BCUT2D eigenvalue weighted by Crippen LogP contribution is 2.15. The normalized spacial score (nSPS) is 10.7. The van der Waals surface area contributed by atoms with E-state index in [2.05, 4.69) is 20.5 Å². The van der Waals surface area contributed by atoms with Gasteiger partial charge in [0.2, 0.25) is 5.91 Å². The molecular formula is C15H14N4O. The fraction of sp³-hybridized carbons (Fsp3) is 0.133. The van der Waals surface area contributed by atoms with E-state index in [0.717, 1.165) is 27.7 Å². The van der Waals surface area contributed by atoms with E-state index in [4.69, 9.17) is 0 Å². The van der Waals surface area contributed by atoms with Crippen molar-refractivity contribution in [2.45, 2.75) is 13.3 Å². The maximum absolute atomic E-state index is 12.0. The summed E-state index contributed by atoms with van der Waals surface area (Å²) in [4.78, 5) is 16.1. The first-order valence-electron chi connectivity index (χ1n) is 6.35. The Morgan fingerprint density at radius 1 is 1.30 bits per heavy atom. The molecule has 0 aliphatic heterocycles. The molecule has 3 rings (SSSR count). The molecule has 1 amide bonds. The van der Waals surface area contributed by atoms with Crippen molar-refractivity contribution in [2.24, 2.45) is 0 Å². The maximum Gasteiger partial charge on any atom is 0.228 e. The highest BCUT2D eigenvalue weighted by molar-refractivity contribution is 5.93. The van der Waals surface area contributed by atoms with E-state index in [9.17, 15) is 4.79 Å². The van der Waals surface area contributed by atoms with Gasteiger partial charge in [-0.25, -0.2) is 0 Å². The lowest BCUT2D eigenvalue weighted by Crippen LogP contribution is -2.15. The Kier molecular flexibility index (Phi) is 3.16. The van der Waals surface area contributed by atoms with Crippen molar-refractivity contribution in [3.63, 3.8) is 0 Å². The molecule has 0 spiro atoms. The van der Waals surface area contributed by atoms with Crippen molar-refractivity contribution < 1.29 is 4.79 Å². The minimum Gasteiger partial charge on any atom is -0.324 e. The first-order chi connectivity index (χ1) is 9.72. The van der Waals surface area contributed by atoms with Crippen LogP contribution < -0.4 is 5.32 Å². The van der Waals surface area contributed by atoms with Crippen LogP contribution in [-0.2, 0) is 11.2 Å². The molecule has 0 bridgehead atoms. The molecule has 1 aromatic carbocycles. The summed E-state index contributed by atoms with van der Waals surface area (Å²) in [5.41, 5.74) is 3.68. The third-order valence-electron chi connectivity index (χ3n) is 3.18.